The molecule has 1 unspecified atom stereocenters. The molecule has 0 bridgehead atoms. The zero-order valence-electron chi connectivity index (χ0n) is 10.0. The summed E-state index contributed by atoms with van der Waals surface area (Å²) >= 11 is 5.95. The lowest BCUT2D eigenvalue weighted by molar-refractivity contribution is 0.219. The van der Waals surface area contributed by atoms with Crippen molar-refractivity contribution in [2.24, 2.45) is 0 Å². The molecule has 0 aliphatic heterocycles. The van der Waals surface area contributed by atoms with E-state index in [0.717, 1.165) is 12.1 Å². The van der Waals surface area contributed by atoms with E-state index < -0.39 is 17.7 Å². The molecule has 2 aromatic rings. The number of ether oxygens (including phenoxy) is 1. The van der Waals surface area contributed by atoms with Crippen LogP contribution in [0.15, 0.2) is 36.4 Å². The maximum atomic E-state index is 13.1. The molecule has 19 heavy (non-hydrogen) atoms. The van der Waals surface area contributed by atoms with E-state index in [1.54, 1.807) is 12.1 Å². The highest BCUT2D eigenvalue weighted by molar-refractivity contribution is 6.32. The third-order valence-corrected chi connectivity index (χ3v) is 3.05. The van der Waals surface area contributed by atoms with Crippen molar-refractivity contribution in [3.05, 3.63) is 64.2 Å². The number of rotatable bonds is 3. The molecule has 100 valence electrons. The van der Waals surface area contributed by atoms with Gasteiger partial charge in [0.2, 0.25) is 0 Å². The Morgan fingerprint density at radius 3 is 2.26 bits per heavy atom. The van der Waals surface area contributed by atoms with Gasteiger partial charge in [-0.2, -0.15) is 0 Å². The Hall–Kier alpha value is -1.65. The number of aliphatic hydroxyl groups excluding tert-OH is 1. The zero-order valence-corrected chi connectivity index (χ0v) is 10.8. The summed E-state index contributed by atoms with van der Waals surface area (Å²) in [6.45, 7) is 0. The highest BCUT2D eigenvalue weighted by Gasteiger charge is 2.14. The molecule has 0 aliphatic rings. The van der Waals surface area contributed by atoms with Gasteiger partial charge in [0.15, 0.2) is 11.6 Å². The lowest BCUT2D eigenvalue weighted by Crippen LogP contribution is -2.01. The van der Waals surface area contributed by atoms with Gasteiger partial charge in [-0.05, 0) is 35.4 Å². The third-order valence-electron chi connectivity index (χ3n) is 2.75. The Kier molecular flexibility index (Phi) is 4.02. The number of benzene rings is 2. The van der Waals surface area contributed by atoms with Gasteiger partial charge in [0.25, 0.3) is 0 Å². The van der Waals surface area contributed by atoms with Crippen LogP contribution in [0.4, 0.5) is 8.78 Å². The smallest absolute Gasteiger partial charge is 0.159 e. The average molecular weight is 285 g/mol. The Labute approximate surface area is 114 Å². The normalized spacial score (nSPS) is 12.3. The van der Waals surface area contributed by atoms with E-state index in [0.29, 0.717) is 16.3 Å². The molecular weight excluding hydrogens is 274 g/mol. The van der Waals surface area contributed by atoms with E-state index in [2.05, 4.69) is 0 Å². The van der Waals surface area contributed by atoms with Crippen LogP contribution in [0, 0.1) is 11.6 Å². The van der Waals surface area contributed by atoms with Gasteiger partial charge in [-0.15, -0.1) is 0 Å². The Morgan fingerprint density at radius 2 is 1.68 bits per heavy atom. The maximum absolute atomic E-state index is 13.1. The van der Waals surface area contributed by atoms with Gasteiger partial charge in [-0.25, -0.2) is 8.78 Å². The zero-order chi connectivity index (χ0) is 14.0. The van der Waals surface area contributed by atoms with Crippen molar-refractivity contribution in [3.8, 4) is 5.75 Å². The molecule has 2 aromatic carbocycles. The van der Waals surface area contributed by atoms with E-state index in [1.165, 1.54) is 19.2 Å². The second kappa shape index (κ2) is 5.55. The molecule has 2 nitrogen and oxygen atoms in total. The molecule has 5 heteroatoms. The monoisotopic (exact) mass is 284 g/mol. The first kappa shape index (κ1) is 13.8. The molecule has 0 saturated carbocycles. The fourth-order valence-electron chi connectivity index (χ4n) is 1.73. The lowest BCUT2D eigenvalue weighted by Gasteiger charge is -2.13. The fraction of sp³-hybridized carbons (Fsp3) is 0.143. The standard InChI is InChI=1S/C14H11ClF2O2/c1-19-13-5-3-8(6-10(13)15)14(18)9-2-4-11(16)12(17)7-9/h2-7,14,18H,1H3. The number of halogens is 3. The van der Waals surface area contributed by atoms with Crippen molar-refractivity contribution < 1.29 is 18.6 Å². The number of methoxy groups -OCH3 is 1. The van der Waals surface area contributed by atoms with Gasteiger partial charge in [-0.3, -0.25) is 0 Å². The lowest BCUT2D eigenvalue weighted by atomic mass is 10.0. The Morgan fingerprint density at radius 1 is 1.05 bits per heavy atom. The molecule has 0 heterocycles. The fourth-order valence-corrected chi connectivity index (χ4v) is 1.99. The highest BCUT2D eigenvalue weighted by atomic mass is 35.5. The van der Waals surface area contributed by atoms with Crippen LogP contribution in [-0.2, 0) is 0 Å². The summed E-state index contributed by atoms with van der Waals surface area (Å²) in [6.07, 6.45) is -1.08. The topological polar surface area (TPSA) is 29.5 Å². The van der Waals surface area contributed by atoms with Crippen molar-refractivity contribution in [1.82, 2.24) is 0 Å². The predicted octanol–water partition coefficient (Wildman–Crippen LogP) is 3.71. The van der Waals surface area contributed by atoms with E-state index in [9.17, 15) is 13.9 Å². The van der Waals surface area contributed by atoms with Crippen molar-refractivity contribution >= 4 is 11.6 Å². The van der Waals surface area contributed by atoms with Crippen molar-refractivity contribution in [2.45, 2.75) is 6.10 Å². The van der Waals surface area contributed by atoms with Crippen LogP contribution in [0.5, 0.6) is 5.75 Å². The maximum Gasteiger partial charge on any atom is 0.159 e. The minimum atomic E-state index is -1.08. The van der Waals surface area contributed by atoms with Gasteiger partial charge in [0, 0.05) is 0 Å². The van der Waals surface area contributed by atoms with Gasteiger partial charge >= 0.3 is 0 Å². The molecule has 2 rings (SSSR count). The highest BCUT2D eigenvalue weighted by Crippen LogP contribution is 2.30. The minimum Gasteiger partial charge on any atom is -0.495 e. The van der Waals surface area contributed by atoms with E-state index in [-0.39, 0.29) is 5.56 Å². The quantitative estimate of drug-likeness (QED) is 0.931. The van der Waals surface area contributed by atoms with E-state index in [1.807, 2.05) is 0 Å². The third kappa shape index (κ3) is 2.85. The molecule has 1 atom stereocenters. The summed E-state index contributed by atoms with van der Waals surface area (Å²) in [6, 6.07) is 7.97. The first-order chi connectivity index (χ1) is 9.02. The summed E-state index contributed by atoms with van der Waals surface area (Å²) in [5.74, 6) is -1.48. The van der Waals surface area contributed by atoms with Crippen LogP contribution in [0.1, 0.15) is 17.2 Å². The predicted molar refractivity (Wildman–Crippen MR) is 68.4 cm³/mol. The second-order valence-electron chi connectivity index (χ2n) is 3.97. The summed E-state index contributed by atoms with van der Waals surface area (Å²) in [7, 11) is 1.48. The van der Waals surface area contributed by atoms with Crippen LogP contribution >= 0.6 is 11.6 Å². The van der Waals surface area contributed by atoms with Crippen LogP contribution in [0.3, 0.4) is 0 Å². The van der Waals surface area contributed by atoms with Crippen LogP contribution in [0.2, 0.25) is 5.02 Å². The Bertz CT molecular complexity index is 602. The molecule has 0 aromatic heterocycles. The van der Waals surface area contributed by atoms with Gasteiger partial charge in [-0.1, -0.05) is 23.7 Å². The van der Waals surface area contributed by atoms with Crippen molar-refractivity contribution in [1.29, 1.82) is 0 Å². The van der Waals surface area contributed by atoms with Crippen LogP contribution in [-0.4, -0.2) is 12.2 Å². The van der Waals surface area contributed by atoms with Crippen molar-refractivity contribution in [2.75, 3.05) is 7.11 Å². The molecule has 0 radical (unpaired) electrons. The first-order valence-corrected chi connectivity index (χ1v) is 5.87. The molecule has 0 spiro atoms. The molecule has 0 amide bonds. The molecule has 1 N–H and O–H groups in total. The van der Waals surface area contributed by atoms with Gasteiger partial charge in [0.05, 0.1) is 12.1 Å². The summed E-state index contributed by atoms with van der Waals surface area (Å²) in [5, 5.41) is 10.4. The van der Waals surface area contributed by atoms with E-state index >= 15 is 0 Å². The van der Waals surface area contributed by atoms with Gasteiger partial charge < -0.3 is 9.84 Å². The summed E-state index contributed by atoms with van der Waals surface area (Å²) in [4.78, 5) is 0. The van der Waals surface area contributed by atoms with Crippen LogP contribution in [0.25, 0.3) is 0 Å². The van der Waals surface area contributed by atoms with E-state index in [4.69, 9.17) is 16.3 Å². The minimum absolute atomic E-state index is 0.250. The van der Waals surface area contributed by atoms with Gasteiger partial charge in [0.1, 0.15) is 11.9 Å². The second-order valence-corrected chi connectivity index (χ2v) is 4.38. The number of hydrogen-bond acceptors (Lipinski definition) is 2. The molecule has 0 saturated heterocycles. The number of hydrogen-bond donors (Lipinski definition) is 1. The summed E-state index contributed by atoms with van der Waals surface area (Å²) in [5.41, 5.74) is 0.719. The van der Waals surface area contributed by atoms with Crippen molar-refractivity contribution in [3.63, 3.8) is 0 Å². The van der Waals surface area contributed by atoms with Crippen LogP contribution < -0.4 is 4.74 Å². The number of aliphatic hydroxyl groups is 1. The largest absolute Gasteiger partial charge is 0.495 e. The molecule has 0 aliphatic carbocycles. The summed E-state index contributed by atoms with van der Waals surface area (Å²) < 4.78 is 31.0. The molecular formula is C14H11ClF2O2. The SMILES string of the molecule is COc1ccc(C(O)c2ccc(F)c(F)c2)cc1Cl. The molecule has 0 fully saturated rings. The first-order valence-electron chi connectivity index (χ1n) is 5.49. The average Bonchev–Trinajstić information content (AvgIpc) is 2.41. The Balaban J connectivity index is 2.35.